The van der Waals surface area contributed by atoms with Crippen LogP contribution >= 0.6 is 11.5 Å². The van der Waals surface area contributed by atoms with E-state index in [0.29, 0.717) is 12.5 Å². The van der Waals surface area contributed by atoms with E-state index in [1.165, 1.54) is 11.5 Å². The summed E-state index contributed by atoms with van der Waals surface area (Å²) in [6.45, 7) is 4.82. The van der Waals surface area contributed by atoms with E-state index >= 15 is 0 Å². The minimum Gasteiger partial charge on any atom is -0.467 e. The van der Waals surface area contributed by atoms with Gasteiger partial charge in [0.25, 0.3) is 0 Å². The Morgan fingerprint density at radius 2 is 2.40 bits per heavy atom. The maximum absolute atomic E-state index is 5.20. The Kier molecular flexibility index (Phi) is 3.01. The third-order valence-electron chi connectivity index (χ3n) is 1.95. The number of aromatic nitrogens is 2. The lowest BCUT2D eigenvalue weighted by Crippen LogP contribution is -1.98. The molecule has 1 N–H and O–H groups in total. The van der Waals surface area contributed by atoms with Gasteiger partial charge in [-0.2, -0.15) is 4.37 Å². The molecule has 0 saturated carbocycles. The van der Waals surface area contributed by atoms with Crippen molar-refractivity contribution in [3.8, 4) is 0 Å². The van der Waals surface area contributed by atoms with Crippen molar-refractivity contribution in [3.63, 3.8) is 0 Å². The molecule has 15 heavy (non-hydrogen) atoms. The van der Waals surface area contributed by atoms with Crippen LogP contribution in [-0.4, -0.2) is 9.36 Å². The number of furan rings is 1. The summed E-state index contributed by atoms with van der Waals surface area (Å²) in [7, 11) is 0. The van der Waals surface area contributed by atoms with Crippen molar-refractivity contribution in [1.29, 1.82) is 0 Å². The Labute approximate surface area is 92.5 Å². The molecule has 0 aliphatic carbocycles. The zero-order valence-electron chi connectivity index (χ0n) is 8.73. The molecule has 0 saturated heterocycles. The lowest BCUT2D eigenvalue weighted by Gasteiger charge is -1.98. The zero-order valence-corrected chi connectivity index (χ0v) is 9.54. The molecule has 0 amide bonds. The second-order valence-electron chi connectivity index (χ2n) is 3.55. The van der Waals surface area contributed by atoms with Gasteiger partial charge in [-0.3, -0.25) is 0 Å². The summed E-state index contributed by atoms with van der Waals surface area (Å²) >= 11 is 1.39. The molecule has 0 bridgehead atoms. The summed E-state index contributed by atoms with van der Waals surface area (Å²) in [5, 5.41) is 4.02. The second kappa shape index (κ2) is 4.44. The fourth-order valence-electron chi connectivity index (χ4n) is 1.12. The Morgan fingerprint density at radius 3 is 3.00 bits per heavy atom. The third kappa shape index (κ3) is 2.56. The quantitative estimate of drug-likeness (QED) is 0.866. The predicted octanol–water partition coefficient (Wildman–Crippen LogP) is 2.87. The Balaban J connectivity index is 1.94. The van der Waals surface area contributed by atoms with Crippen molar-refractivity contribution < 1.29 is 4.42 Å². The van der Waals surface area contributed by atoms with E-state index in [9.17, 15) is 0 Å². The zero-order chi connectivity index (χ0) is 10.7. The van der Waals surface area contributed by atoms with Gasteiger partial charge in [-0.25, -0.2) is 4.98 Å². The highest BCUT2D eigenvalue weighted by molar-refractivity contribution is 7.09. The molecule has 0 spiro atoms. The average Bonchev–Trinajstić information content (AvgIpc) is 2.86. The highest BCUT2D eigenvalue weighted by atomic mass is 32.1. The van der Waals surface area contributed by atoms with Crippen LogP contribution in [-0.2, 0) is 6.54 Å². The van der Waals surface area contributed by atoms with E-state index in [1.54, 1.807) is 6.26 Å². The molecule has 0 aliphatic rings. The lowest BCUT2D eigenvalue weighted by molar-refractivity contribution is 0.518. The molecular formula is C10H13N3OS. The van der Waals surface area contributed by atoms with E-state index < -0.39 is 0 Å². The average molecular weight is 223 g/mol. The molecule has 0 unspecified atom stereocenters. The first-order valence-electron chi connectivity index (χ1n) is 4.85. The van der Waals surface area contributed by atoms with Crippen LogP contribution in [0.4, 0.5) is 5.13 Å². The first-order valence-corrected chi connectivity index (χ1v) is 5.63. The molecular weight excluding hydrogens is 210 g/mol. The monoisotopic (exact) mass is 223 g/mol. The van der Waals surface area contributed by atoms with Gasteiger partial charge < -0.3 is 9.73 Å². The summed E-state index contributed by atoms with van der Waals surface area (Å²) in [4.78, 5) is 4.36. The largest absolute Gasteiger partial charge is 0.467 e. The first-order chi connectivity index (χ1) is 7.25. The fourth-order valence-corrected chi connectivity index (χ4v) is 1.82. The molecule has 0 aliphatic heterocycles. The van der Waals surface area contributed by atoms with E-state index in [-0.39, 0.29) is 0 Å². The van der Waals surface area contributed by atoms with E-state index in [1.807, 2.05) is 12.1 Å². The Bertz CT molecular complexity index is 408. The topological polar surface area (TPSA) is 51.0 Å². The molecule has 0 fully saturated rings. The number of nitrogens with zero attached hydrogens (tertiary/aromatic N) is 2. The van der Waals surface area contributed by atoms with Gasteiger partial charge in [0.05, 0.1) is 12.8 Å². The SMILES string of the molecule is CC(C)c1nsc(NCc2ccco2)n1. The standard InChI is InChI=1S/C10H13N3OS/c1-7(2)9-12-10(15-13-9)11-6-8-4-3-5-14-8/h3-5,7H,6H2,1-2H3,(H,11,12,13). The van der Waals surface area contributed by atoms with Crippen molar-refractivity contribution in [3.05, 3.63) is 30.0 Å². The molecule has 2 rings (SSSR count). The van der Waals surface area contributed by atoms with Crippen LogP contribution in [0.25, 0.3) is 0 Å². The Hall–Kier alpha value is -1.36. The molecule has 5 heteroatoms. The number of rotatable bonds is 4. The molecule has 80 valence electrons. The second-order valence-corrected chi connectivity index (χ2v) is 4.30. The molecule has 2 heterocycles. The summed E-state index contributed by atoms with van der Waals surface area (Å²) in [6.07, 6.45) is 1.66. The lowest BCUT2D eigenvalue weighted by atomic mass is 10.2. The molecule has 2 aromatic rings. The van der Waals surface area contributed by atoms with Gasteiger partial charge in [0, 0.05) is 17.5 Å². The van der Waals surface area contributed by atoms with Crippen molar-refractivity contribution in [1.82, 2.24) is 9.36 Å². The number of nitrogens with one attached hydrogen (secondary N) is 1. The molecule has 0 aromatic carbocycles. The number of hydrogen-bond donors (Lipinski definition) is 1. The minimum atomic E-state index is 0.375. The van der Waals surface area contributed by atoms with Gasteiger partial charge in [0.15, 0.2) is 0 Å². The van der Waals surface area contributed by atoms with Crippen LogP contribution in [0.3, 0.4) is 0 Å². The smallest absolute Gasteiger partial charge is 0.202 e. The van der Waals surface area contributed by atoms with Crippen LogP contribution in [0.1, 0.15) is 31.4 Å². The van der Waals surface area contributed by atoms with E-state index in [0.717, 1.165) is 16.7 Å². The molecule has 0 radical (unpaired) electrons. The van der Waals surface area contributed by atoms with Crippen LogP contribution in [0.2, 0.25) is 0 Å². The van der Waals surface area contributed by atoms with Gasteiger partial charge in [-0.05, 0) is 12.1 Å². The minimum absolute atomic E-state index is 0.375. The van der Waals surface area contributed by atoms with Crippen LogP contribution < -0.4 is 5.32 Å². The maximum Gasteiger partial charge on any atom is 0.202 e. The van der Waals surface area contributed by atoms with Gasteiger partial charge in [0.1, 0.15) is 11.6 Å². The molecule has 4 nitrogen and oxygen atoms in total. The summed E-state index contributed by atoms with van der Waals surface area (Å²) < 4.78 is 9.46. The van der Waals surface area contributed by atoms with E-state index in [2.05, 4.69) is 28.5 Å². The van der Waals surface area contributed by atoms with Crippen molar-refractivity contribution in [2.45, 2.75) is 26.3 Å². The van der Waals surface area contributed by atoms with Gasteiger partial charge in [0.2, 0.25) is 5.13 Å². The van der Waals surface area contributed by atoms with Gasteiger partial charge >= 0.3 is 0 Å². The third-order valence-corrected chi connectivity index (χ3v) is 2.64. The Morgan fingerprint density at radius 1 is 1.53 bits per heavy atom. The normalized spacial score (nSPS) is 10.9. The molecule has 2 aromatic heterocycles. The van der Waals surface area contributed by atoms with Crippen molar-refractivity contribution in [2.24, 2.45) is 0 Å². The predicted molar refractivity (Wildman–Crippen MR) is 60.0 cm³/mol. The summed E-state index contributed by atoms with van der Waals surface area (Å²) in [5.74, 6) is 2.17. The van der Waals surface area contributed by atoms with Gasteiger partial charge in [-0.15, -0.1) is 0 Å². The van der Waals surface area contributed by atoms with E-state index in [4.69, 9.17) is 4.42 Å². The molecule has 0 atom stereocenters. The van der Waals surface area contributed by atoms with Gasteiger partial charge in [-0.1, -0.05) is 13.8 Å². The van der Waals surface area contributed by atoms with Crippen molar-refractivity contribution >= 4 is 16.7 Å². The highest BCUT2D eigenvalue weighted by Gasteiger charge is 2.07. The van der Waals surface area contributed by atoms with Crippen LogP contribution in [0.15, 0.2) is 22.8 Å². The number of anilines is 1. The van der Waals surface area contributed by atoms with Crippen LogP contribution in [0, 0.1) is 0 Å². The fraction of sp³-hybridized carbons (Fsp3) is 0.400. The first kappa shape index (κ1) is 10.2. The van der Waals surface area contributed by atoms with Crippen molar-refractivity contribution in [2.75, 3.05) is 5.32 Å². The summed E-state index contributed by atoms with van der Waals surface area (Å²) in [5.41, 5.74) is 0. The maximum atomic E-state index is 5.20. The number of hydrogen-bond acceptors (Lipinski definition) is 5. The van der Waals surface area contributed by atoms with Crippen LogP contribution in [0.5, 0.6) is 0 Å². The summed E-state index contributed by atoms with van der Waals surface area (Å²) in [6, 6.07) is 3.80. The highest BCUT2D eigenvalue weighted by Crippen LogP contribution is 2.17.